The summed E-state index contributed by atoms with van der Waals surface area (Å²) < 4.78 is 18.6. The molecule has 1 rings (SSSR count). The van der Waals surface area contributed by atoms with Gasteiger partial charge in [-0.05, 0) is 25.0 Å². The lowest BCUT2D eigenvalue weighted by atomic mass is 10.1. The van der Waals surface area contributed by atoms with Crippen LogP contribution in [-0.4, -0.2) is 25.4 Å². The molecule has 0 radical (unpaired) electrons. The molecule has 0 fully saturated rings. The van der Waals surface area contributed by atoms with E-state index in [9.17, 15) is 9.18 Å². The number of unbranched alkanes of at least 4 members (excludes halogenated alkanes) is 3. The highest BCUT2D eigenvalue weighted by Crippen LogP contribution is 2.20. The first kappa shape index (κ1) is 15.8. The van der Waals surface area contributed by atoms with E-state index in [-0.39, 0.29) is 11.3 Å². The number of amides is 1. The molecule has 1 aromatic carbocycles. The smallest absolute Gasteiger partial charge is 0.258 e. The number of carbonyl (C=O) groups excluding carboxylic acids is 1. The molecule has 0 aliphatic rings. The quantitative estimate of drug-likeness (QED) is 0.588. The van der Waals surface area contributed by atoms with E-state index in [1.54, 1.807) is 6.07 Å². The normalized spacial score (nSPS) is 10.3. The van der Waals surface area contributed by atoms with Crippen LogP contribution in [0.2, 0.25) is 0 Å². The highest BCUT2D eigenvalue weighted by Gasteiger charge is 2.16. The first-order valence-corrected chi connectivity index (χ1v) is 6.90. The fraction of sp³-hybridized carbons (Fsp3) is 0.500. The Hall–Kier alpha value is -1.29. The van der Waals surface area contributed by atoms with Gasteiger partial charge in [-0.1, -0.05) is 18.9 Å². The Bertz CT molecular complexity index is 412. The molecular formula is C14H19ClFNO2. The summed E-state index contributed by atoms with van der Waals surface area (Å²) >= 11 is 5.57. The number of nitrogens with one attached hydrogen (secondary N) is 1. The van der Waals surface area contributed by atoms with E-state index >= 15 is 0 Å². The third kappa shape index (κ3) is 5.07. The zero-order valence-electron chi connectivity index (χ0n) is 11.0. The van der Waals surface area contributed by atoms with Crippen molar-refractivity contribution < 1.29 is 13.9 Å². The van der Waals surface area contributed by atoms with Crippen LogP contribution in [0, 0.1) is 5.82 Å². The molecule has 0 saturated carbocycles. The molecule has 1 aromatic rings. The van der Waals surface area contributed by atoms with Gasteiger partial charge in [-0.2, -0.15) is 0 Å². The Labute approximate surface area is 118 Å². The second-order valence-corrected chi connectivity index (χ2v) is 4.55. The monoisotopic (exact) mass is 287 g/mol. The predicted molar refractivity (Wildman–Crippen MR) is 74.5 cm³/mol. The van der Waals surface area contributed by atoms with Gasteiger partial charge in [0.1, 0.15) is 17.1 Å². The van der Waals surface area contributed by atoms with Gasteiger partial charge < -0.3 is 10.1 Å². The van der Waals surface area contributed by atoms with E-state index in [2.05, 4.69) is 5.32 Å². The fourth-order valence-corrected chi connectivity index (χ4v) is 1.95. The van der Waals surface area contributed by atoms with Gasteiger partial charge in [-0.15, -0.1) is 11.6 Å². The summed E-state index contributed by atoms with van der Waals surface area (Å²) in [5.74, 6) is -0.0929. The number of methoxy groups -OCH3 is 1. The lowest BCUT2D eigenvalue weighted by molar-refractivity contribution is 0.0945. The zero-order valence-corrected chi connectivity index (χ0v) is 11.8. The topological polar surface area (TPSA) is 38.3 Å². The molecule has 5 heteroatoms. The van der Waals surface area contributed by atoms with Gasteiger partial charge in [-0.25, -0.2) is 4.39 Å². The zero-order chi connectivity index (χ0) is 14.1. The summed E-state index contributed by atoms with van der Waals surface area (Å²) in [6, 6.07) is 4.33. The lowest BCUT2D eigenvalue weighted by Gasteiger charge is -2.10. The second-order valence-electron chi connectivity index (χ2n) is 4.18. The molecule has 0 saturated heterocycles. The minimum absolute atomic E-state index is 0.0363. The van der Waals surface area contributed by atoms with Crippen molar-refractivity contribution in [3.8, 4) is 5.75 Å². The molecule has 0 aliphatic carbocycles. The number of benzene rings is 1. The van der Waals surface area contributed by atoms with E-state index in [0.717, 1.165) is 25.7 Å². The van der Waals surface area contributed by atoms with Crippen molar-refractivity contribution in [2.24, 2.45) is 0 Å². The highest BCUT2D eigenvalue weighted by atomic mass is 35.5. The molecular weight excluding hydrogens is 269 g/mol. The van der Waals surface area contributed by atoms with Crippen LogP contribution >= 0.6 is 11.6 Å². The van der Waals surface area contributed by atoms with Crippen molar-refractivity contribution in [1.82, 2.24) is 5.32 Å². The third-order valence-electron chi connectivity index (χ3n) is 2.77. The van der Waals surface area contributed by atoms with Crippen LogP contribution < -0.4 is 10.1 Å². The number of hydrogen-bond donors (Lipinski definition) is 1. The van der Waals surface area contributed by atoms with Gasteiger partial charge in [-0.3, -0.25) is 4.79 Å². The Morgan fingerprint density at radius 2 is 2.05 bits per heavy atom. The van der Waals surface area contributed by atoms with Crippen molar-refractivity contribution >= 4 is 17.5 Å². The lowest BCUT2D eigenvalue weighted by Crippen LogP contribution is -2.26. The predicted octanol–water partition coefficient (Wildman–Crippen LogP) is 3.36. The third-order valence-corrected chi connectivity index (χ3v) is 3.04. The summed E-state index contributed by atoms with van der Waals surface area (Å²) in [4.78, 5) is 11.9. The van der Waals surface area contributed by atoms with E-state index in [1.807, 2.05) is 0 Å². The number of halogens is 2. The SMILES string of the molecule is COc1cccc(F)c1C(=O)NCCCCCCCl. The molecule has 0 heterocycles. The van der Waals surface area contributed by atoms with Gasteiger partial charge in [0.25, 0.3) is 5.91 Å². The highest BCUT2D eigenvalue weighted by molar-refractivity contribution is 6.17. The van der Waals surface area contributed by atoms with Gasteiger partial charge in [0.2, 0.25) is 0 Å². The maximum absolute atomic E-state index is 13.6. The number of rotatable bonds is 8. The van der Waals surface area contributed by atoms with E-state index < -0.39 is 11.7 Å². The van der Waals surface area contributed by atoms with Crippen molar-refractivity contribution in [1.29, 1.82) is 0 Å². The van der Waals surface area contributed by atoms with Crippen LogP contribution in [0.25, 0.3) is 0 Å². The summed E-state index contributed by atoms with van der Waals surface area (Å²) in [6.45, 7) is 0.526. The molecule has 0 aromatic heterocycles. The number of ether oxygens (including phenoxy) is 1. The Morgan fingerprint density at radius 1 is 1.32 bits per heavy atom. The molecule has 3 nitrogen and oxygen atoms in total. The van der Waals surface area contributed by atoms with Crippen LogP contribution in [0.5, 0.6) is 5.75 Å². The van der Waals surface area contributed by atoms with Crippen molar-refractivity contribution in [3.05, 3.63) is 29.6 Å². The summed E-state index contributed by atoms with van der Waals surface area (Å²) in [5.41, 5.74) is -0.0363. The molecule has 0 unspecified atom stereocenters. The van der Waals surface area contributed by atoms with Gasteiger partial charge in [0.15, 0.2) is 0 Å². The molecule has 19 heavy (non-hydrogen) atoms. The van der Waals surface area contributed by atoms with Crippen LogP contribution in [0.1, 0.15) is 36.0 Å². The molecule has 1 N–H and O–H groups in total. The summed E-state index contributed by atoms with van der Waals surface area (Å²) in [7, 11) is 1.41. The van der Waals surface area contributed by atoms with E-state index in [4.69, 9.17) is 16.3 Å². The average molecular weight is 288 g/mol. The van der Waals surface area contributed by atoms with Gasteiger partial charge in [0.05, 0.1) is 7.11 Å². The van der Waals surface area contributed by atoms with Crippen LogP contribution in [0.3, 0.4) is 0 Å². The second kappa shape index (κ2) is 8.75. The molecule has 0 atom stereocenters. The van der Waals surface area contributed by atoms with Crippen LogP contribution in [0.15, 0.2) is 18.2 Å². The molecule has 1 amide bonds. The molecule has 106 valence electrons. The minimum atomic E-state index is -0.570. The van der Waals surface area contributed by atoms with Crippen molar-refractivity contribution in [2.75, 3.05) is 19.5 Å². The van der Waals surface area contributed by atoms with Crippen LogP contribution in [0.4, 0.5) is 4.39 Å². The largest absolute Gasteiger partial charge is 0.496 e. The Morgan fingerprint density at radius 3 is 2.74 bits per heavy atom. The van der Waals surface area contributed by atoms with Crippen molar-refractivity contribution in [3.63, 3.8) is 0 Å². The molecule has 0 spiro atoms. The average Bonchev–Trinajstić information content (AvgIpc) is 2.42. The van der Waals surface area contributed by atoms with E-state index in [1.165, 1.54) is 19.2 Å². The fourth-order valence-electron chi connectivity index (χ4n) is 1.76. The molecule has 0 bridgehead atoms. The van der Waals surface area contributed by atoms with Gasteiger partial charge >= 0.3 is 0 Å². The molecule has 0 aliphatic heterocycles. The number of carbonyl (C=O) groups is 1. The first-order chi connectivity index (χ1) is 9.20. The standard InChI is InChI=1S/C14H19ClFNO2/c1-19-12-8-6-7-11(16)13(12)14(18)17-10-5-3-2-4-9-15/h6-8H,2-5,9-10H2,1H3,(H,17,18). The van der Waals surface area contributed by atoms with Crippen LogP contribution in [-0.2, 0) is 0 Å². The maximum Gasteiger partial charge on any atom is 0.258 e. The Kier molecular flexibility index (Phi) is 7.26. The number of hydrogen-bond acceptors (Lipinski definition) is 2. The maximum atomic E-state index is 13.6. The minimum Gasteiger partial charge on any atom is -0.496 e. The van der Waals surface area contributed by atoms with Crippen molar-refractivity contribution in [2.45, 2.75) is 25.7 Å². The first-order valence-electron chi connectivity index (χ1n) is 6.37. The van der Waals surface area contributed by atoms with E-state index in [0.29, 0.717) is 12.4 Å². The van der Waals surface area contributed by atoms with Gasteiger partial charge in [0, 0.05) is 12.4 Å². The Balaban J connectivity index is 2.45. The summed E-state index contributed by atoms with van der Waals surface area (Å²) in [5, 5.41) is 2.70. The summed E-state index contributed by atoms with van der Waals surface area (Å²) in [6.07, 6.45) is 3.89. The number of alkyl halides is 1.